The van der Waals surface area contributed by atoms with Crippen LogP contribution in [0.3, 0.4) is 0 Å². The molecule has 4 N–H and O–H groups in total. The first-order valence-electron chi connectivity index (χ1n) is 16.0. The number of hydrogen-bond acceptors (Lipinski definition) is 5. The average molecular weight is 594 g/mol. The Balaban J connectivity index is 1.69. The van der Waals surface area contributed by atoms with Crippen molar-refractivity contribution >= 4 is 17.8 Å². The van der Waals surface area contributed by atoms with Crippen LogP contribution in [0.2, 0.25) is 0 Å². The molecule has 9 nitrogen and oxygen atoms in total. The fourth-order valence-electron chi connectivity index (χ4n) is 5.78. The minimum absolute atomic E-state index is 0.294. The molecule has 1 heterocycles. The van der Waals surface area contributed by atoms with E-state index >= 15 is 0 Å². The van der Waals surface area contributed by atoms with Crippen LogP contribution in [0.5, 0.6) is 0 Å². The number of nitrogens with one attached hydrogen (secondary N) is 3. The zero-order valence-electron chi connectivity index (χ0n) is 26.1. The summed E-state index contributed by atoms with van der Waals surface area (Å²) in [6.45, 7) is 1.97. The number of nitrogens with zero attached hydrogens (tertiary/aromatic N) is 2. The van der Waals surface area contributed by atoms with E-state index in [1.165, 1.54) is 24.2 Å². The Hall–Kier alpha value is -3.46. The number of aliphatic hydroxyl groups excluding tert-OH is 1. The number of aliphatic hydroxyl groups is 1. The third-order valence-electron chi connectivity index (χ3n) is 8.28. The number of rotatable bonds is 16. The quantitative estimate of drug-likeness (QED) is 0.230. The summed E-state index contributed by atoms with van der Waals surface area (Å²) in [5, 5.41) is 20.1. The molecule has 0 aliphatic heterocycles. The number of carbonyl (C=O) groups is 3. The molecule has 0 spiro atoms. The van der Waals surface area contributed by atoms with Crippen molar-refractivity contribution < 1.29 is 19.5 Å². The van der Waals surface area contributed by atoms with Gasteiger partial charge in [0.25, 0.3) is 0 Å². The Bertz CT molecular complexity index is 1110. The SMILES string of the molecule is CCC[C@H](NC(=O)[C@H](Cc1ccccc1)NC(=O)N(C)C)C(=O)N[C@@H](CC1CCCCC1)[C@@H](O)CCCc1ccccn1. The van der Waals surface area contributed by atoms with Crippen LogP contribution in [0.1, 0.15) is 82.4 Å². The summed E-state index contributed by atoms with van der Waals surface area (Å²) in [6, 6.07) is 12.9. The molecule has 43 heavy (non-hydrogen) atoms. The van der Waals surface area contributed by atoms with Gasteiger partial charge in [0.15, 0.2) is 0 Å². The summed E-state index contributed by atoms with van der Waals surface area (Å²) in [5.41, 5.74) is 1.89. The molecule has 4 amide bonds. The average Bonchev–Trinajstić information content (AvgIpc) is 3.01. The molecule has 1 aliphatic carbocycles. The summed E-state index contributed by atoms with van der Waals surface area (Å²) < 4.78 is 0. The first kappa shape index (κ1) is 34.0. The topological polar surface area (TPSA) is 124 Å². The second kappa shape index (κ2) is 18.3. The number of aromatic nitrogens is 1. The van der Waals surface area contributed by atoms with E-state index in [4.69, 9.17) is 0 Å². The fourth-order valence-corrected chi connectivity index (χ4v) is 5.78. The van der Waals surface area contributed by atoms with Gasteiger partial charge >= 0.3 is 6.03 Å². The van der Waals surface area contributed by atoms with E-state index in [-0.39, 0.29) is 11.9 Å². The summed E-state index contributed by atoms with van der Waals surface area (Å²) in [7, 11) is 3.24. The Morgan fingerprint density at radius 2 is 1.60 bits per heavy atom. The van der Waals surface area contributed by atoms with E-state index in [1.54, 1.807) is 20.3 Å². The summed E-state index contributed by atoms with van der Waals surface area (Å²) in [5.74, 6) is -0.246. The lowest BCUT2D eigenvalue weighted by Gasteiger charge is -2.32. The molecule has 0 radical (unpaired) electrons. The van der Waals surface area contributed by atoms with Gasteiger partial charge in [0.2, 0.25) is 11.8 Å². The number of amides is 4. The van der Waals surface area contributed by atoms with Crippen molar-refractivity contribution in [2.45, 2.75) is 108 Å². The molecule has 1 saturated carbocycles. The molecule has 3 rings (SSSR count). The molecule has 1 fully saturated rings. The van der Waals surface area contributed by atoms with E-state index in [0.29, 0.717) is 31.6 Å². The molecule has 9 heteroatoms. The lowest BCUT2D eigenvalue weighted by Crippen LogP contribution is -2.57. The minimum atomic E-state index is -0.848. The normalized spacial score (nSPS) is 16.4. The second-order valence-electron chi connectivity index (χ2n) is 12.1. The van der Waals surface area contributed by atoms with Crippen LogP contribution in [-0.2, 0) is 22.4 Å². The Kier molecular flexibility index (Phi) is 14.5. The predicted octanol–water partition coefficient (Wildman–Crippen LogP) is 4.39. The highest BCUT2D eigenvalue weighted by atomic mass is 16.3. The van der Waals surface area contributed by atoms with Crippen molar-refractivity contribution in [1.29, 1.82) is 0 Å². The number of aryl methyl sites for hydroxylation is 1. The zero-order chi connectivity index (χ0) is 31.0. The largest absolute Gasteiger partial charge is 0.391 e. The molecule has 236 valence electrons. The first-order chi connectivity index (χ1) is 20.8. The highest BCUT2D eigenvalue weighted by Gasteiger charge is 2.31. The summed E-state index contributed by atoms with van der Waals surface area (Å²) in [4.78, 5) is 45.5. The van der Waals surface area contributed by atoms with Crippen molar-refractivity contribution in [2.75, 3.05) is 14.1 Å². The highest BCUT2D eigenvalue weighted by molar-refractivity contribution is 5.92. The van der Waals surface area contributed by atoms with Crippen molar-refractivity contribution in [2.24, 2.45) is 5.92 Å². The van der Waals surface area contributed by atoms with E-state index in [1.807, 2.05) is 55.5 Å². The molecule has 1 aliphatic rings. The molecule has 1 aromatic carbocycles. The Morgan fingerprint density at radius 3 is 2.26 bits per heavy atom. The summed E-state index contributed by atoms with van der Waals surface area (Å²) >= 11 is 0. The number of pyridine rings is 1. The van der Waals surface area contributed by atoms with Gasteiger partial charge in [-0.2, -0.15) is 0 Å². The van der Waals surface area contributed by atoms with Crippen LogP contribution in [0.25, 0.3) is 0 Å². The van der Waals surface area contributed by atoms with Crippen molar-refractivity contribution in [3.05, 3.63) is 66.0 Å². The summed E-state index contributed by atoms with van der Waals surface area (Å²) in [6.07, 6.45) is 11.1. The monoisotopic (exact) mass is 593 g/mol. The second-order valence-corrected chi connectivity index (χ2v) is 12.1. The predicted molar refractivity (Wildman–Crippen MR) is 169 cm³/mol. The van der Waals surface area contributed by atoms with Gasteiger partial charge in [0.05, 0.1) is 12.1 Å². The van der Waals surface area contributed by atoms with Crippen LogP contribution in [0.4, 0.5) is 4.79 Å². The molecule has 4 atom stereocenters. The first-order valence-corrected chi connectivity index (χ1v) is 16.0. The van der Waals surface area contributed by atoms with E-state index in [9.17, 15) is 19.5 Å². The maximum Gasteiger partial charge on any atom is 0.317 e. The van der Waals surface area contributed by atoms with Gasteiger partial charge in [-0.25, -0.2) is 4.79 Å². The Morgan fingerprint density at radius 1 is 0.907 bits per heavy atom. The third kappa shape index (κ3) is 12.0. The van der Waals surface area contributed by atoms with E-state index < -0.39 is 30.1 Å². The standard InChI is InChI=1S/C34H51N5O4/c1-4-14-28(36-33(42)30(38-34(43)39(2)3)24-26-17-9-6-10-18-26)32(41)37-29(23-25-15-7-5-8-16-25)31(40)21-13-20-27-19-11-12-22-35-27/h6,9-12,17-19,22,25,28-31,40H,4-5,7-8,13-16,20-21,23-24H2,1-3H3,(H,36,42)(H,37,41)(H,38,43)/t28-,29-,30-,31-/m0/s1. The lowest BCUT2D eigenvalue weighted by molar-refractivity contribution is -0.131. The molecule has 0 saturated heterocycles. The molecular weight excluding hydrogens is 542 g/mol. The number of urea groups is 1. The van der Waals surface area contributed by atoms with Crippen LogP contribution >= 0.6 is 0 Å². The number of hydrogen-bond donors (Lipinski definition) is 4. The van der Waals surface area contributed by atoms with E-state index in [0.717, 1.165) is 43.4 Å². The third-order valence-corrected chi connectivity index (χ3v) is 8.28. The van der Waals surface area contributed by atoms with Crippen molar-refractivity contribution in [3.8, 4) is 0 Å². The molecule has 0 bridgehead atoms. The van der Waals surface area contributed by atoms with Gasteiger partial charge in [-0.05, 0) is 55.7 Å². The number of benzene rings is 1. The van der Waals surface area contributed by atoms with Crippen LogP contribution in [-0.4, -0.2) is 71.2 Å². The van der Waals surface area contributed by atoms with Crippen molar-refractivity contribution in [3.63, 3.8) is 0 Å². The maximum absolute atomic E-state index is 13.7. The van der Waals surface area contributed by atoms with Gasteiger partial charge in [-0.3, -0.25) is 14.6 Å². The molecule has 0 unspecified atom stereocenters. The fraction of sp³-hybridized carbons (Fsp3) is 0.588. The van der Waals surface area contributed by atoms with Gasteiger partial charge < -0.3 is 26.0 Å². The van der Waals surface area contributed by atoms with Gasteiger partial charge in [0, 0.05) is 32.4 Å². The van der Waals surface area contributed by atoms with E-state index in [2.05, 4.69) is 20.9 Å². The van der Waals surface area contributed by atoms with Gasteiger partial charge in [0.1, 0.15) is 12.1 Å². The Labute approximate surface area is 257 Å². The highest BCUT2D eigenvalue weighted by Crippen LogP contribution is 2.28. The smallest absolute Gasteiger partial charge is 0.317 e. The molecular formula is C34H51N5O4. The molecule has 1 aromatic heterocycles. The van der Waals surface area contributed by atoms with Crippen LogP contribution < -0.4 is 16.0 Å². The van der Waals surface area contributed by atoms with Crippen LogP contribution in [0.15, 0.2) is 54.7 Å². The van der Waals surface area contributed by atoms with Crippen LogP contribution in [0, 0.1) is 5.92 Å². The van der Waals surface area contributed by atoms with Gasteiger partial charge in [-0.15, -0.1) is 0 Å². The minimum Gasteiger partial charge on any atom is -0.391 e. The van der Waals surface area contributed by atoms with Gasteiger partial charge in [-0.1, -0.05) is 81.8 Å². The zero-order valence-corrected chi connectivity index (χ0v) is 26.1. The molecule has 2 aromatic rings. The maximum atomic E-state index is 13.7. The van der Waals surface area contributed by atoms with Crippen molar-refractivity contribution in [1.82, 2.24) is 25.8 Å². The lowest BCUT2D eigenvalue weighted by atomic mass is 9.83. The number of carbonyl (C=O) groups excluding carboxylic acids is 3.